The molecule has 0 saturated carbocycles. The zero-order valence-electron chi connectivity index (χ0n) is 12.5. The van der Waals surface area contributed by atoms with E-state index in [1.54, 1.807) is 12.1 Å². The number of aliphatic hydroxyl groups is 1. The van der Waals surface area contributed by atoms with Gasteiger partial charge in [0.15, 0.2) is 0 Å². The van der Waals surface area contributed by atoms with Gasteiger partial charge in [0.05, 0.1) is 11.1 Å². The summed E-state index contributed by atoms with van der Waals surface area (Å²) in [6.45, 7) is 0.565. The number of nitrogens with one attached hydrogen (secondary N) is 1. The van der Waals surface area contributed by atoms with Gasteiger partial charge in [-0.15, -0.1) is 0 Å². The molecule has 0 aliphatic carbocycles. The third kappa shape index (κ3) is 3.81. The van der Waals surface area contributed by atoms with Crippen LogP contribution in [0.4, 0.5) is 10.1 Å². The Kier molecular flexibility index (Phi) is 4.79. The molecule has 2 nitrogen and oxygen atoms in total. The Balaban J connectivity index is 1.61. The molecular formula is C19H17ClFNO. The average Bonchev–Trinajstić information content (AvgIpc) is 2.57. The van der Waals surface area contributed by atoms with Crippen molar-refractivity contribution in [1.29, 1.82) is 0 Å². The number of hydrogen-bond donors (Lipinski definition) is 2. The third-order valence-corrected chi connectivity index (χ3v) is 4.11. The number of benzene rings is 3. The van der Waals surface area contributed by atoms with Crippen molar-refractivity contribution in [3.63, 3.8) is 0 Å². The van der Waals surface area contributed by atoms with Crippen molar-refractivity contribution in [2.24, 2.45) is 0 Å². The lowest BCUT2D eigenvalue weighted by Crippen LogP contribution is -2.07. The summed E-state index contributed by atoms with van der Waals surface area (Å²) >= 11 is 5.74. The van der Waals surface area contributed by atoms with Crippen LogP contribution in [0, 0.1) is 5.82 Å². The summed E-state index contributed by atoms with van der Waals surface area (Å²) in [6, 6.07) is 18.5. The van der Waals surface area contributed by atoms with Crippen LogP contribution in [0.1, 0.15) is 18.1 Å². The van der Waals surface area contributed by atoms with E-state index >= 15 is 0 Å². The van der Waals surface area contributed by atoms with E-state index in [0.29, 0.717) is 13.0 Å². The van der Waals surface area contributed by atoms with Crippen LogP contribution >= 0.6 is 11.6 Å². The number of aliphatic hydroxyl groups excluding tert-OH is 1. The first-order valence-corrected chi connectivity index (χ1v) is 7.87. The minimum Gasteiger partial charge on any atom is -0.388 e. The lowest BCUT2D eigenvalue weighted by atomic mass is 10.0. The molecule has 0 amide bonds. The molecule has 1 unspecified atom stereocenters. The van der Waals surface area contributed by atoms with Gasteiger partial charge in [-0.05, 0) is 47.0 Å². The van der Waals surface area contributed by atoms with Gasteiger partial charge in [-0.25, -0.2) is 4.39 Å². The molecule has 0 aliphatic heterocycles. The Morgan fingerprint density at radius 2 is 1.78 bits per heavy atom. The van der Waals surface area contributed by atoms with Gasteiger partial charge in [0.25, 0.3) is 0 Å². The van der Waals surface area contributed by atoms with Crippen molar-refractivity contribution < 1.29 is 9.50 Å². The third-order valence-electron chi connectivity index (χ3n) is 3.82. The van der Waals surface area contributed by atoms with Crippen molar-refractivity contribution in [2.45, 2.75) is 12.5 Å². The van der Waals surface area contributed by atoms with Crippen LogP contribution in [0.15, 0.2) is 60.7 Å². The first-order valence-electron chi connectivity index (χ1n) is 7.49. The maximum atomic E-state index is 13.1. The highest BCUT2D eigenvalue weighted by atomic mass is 35.5. The lowest BCUT2D eigenvalue weighted by molar-refractivity contribution is 0.172. The number of anilines is 1. The number of hydrogen-bond acceptors (Lipinski definition) is 2. The van der Waals surface area contributed by atoms with Gasteiger partial charge in [0.1, 0.15) is 5.82 Å². The second kappa shape index (κ2) is 6.99. The monoisotopic (exact) mass is 329 g/mol. The molecule has 0 bridgehead atoms. The number of rotatable bonds is 5. The van der Waals surface area contributed by atoms with Crippen molar-refractivity contribution in [3.8, 4) is 0 Å². The first kappa shape index (κ1) is 15.8. The maximum Gasteiger partial charge on any atom is 0.141 e. The van der Waals surface area contributed by atoms with Gasteiger partial charge in [-0.2, -0.15) is 0 Å². The molecule has 0 aliphatic rings. The summed E-state index contributed by atoms with van der Waals surface area (Å²) < 4.78 is 13.1. The molecule has 3 aromatic carbocycles. The van der Waals surface area contributed by atoms with Crippen LogP contribution < -0.4 is 5.32 Å². The average molecular weight is 330 g/mol. The Hall–Kier alpha value is -2.10. The van der Waals surface area contributed by atoms with Crippen molar-refractivity contribution >= 4 is 28.1 Å². The molecule has 3 rings (SSSR count). The molecule has 0 heterocycles. The fourth-order valence-corrected chi connectivity index (χ4v) is 2.72. The van der Waals surface area contributed by atoms with E-state index in [1.165, 1.54) is 6.07 Å². The van der Waals surface area contributed by atoms with Crippen LogP contribution in [0.25, 0.3) is 10.8 Å². The molecule has 0 saturated heterocycles. The zero-order valence-corrected chi connectivity index (χ0v) is 13.2. The van der Waals surface area contributed by atoms with Crippen LogP contribution in [-0.2, 0) is 0 Å². The second-order valence-electron chi connectivity index (χ2n) is 5.47. The highest BCUT2D eigenvalue weighted by Gasteiger charge is 2.08. The quantitative estimate of drug-likeness (QED) is 0.677. The summed E-state index contributed by atoms with van der Waals surface area (Å²) in [6.07, 6.45) is -0.00381. The van der Waals surface area contributed by atoms with E-state index in [4.69, 9.17) is 11.6 Å². The molecule has 0 aromatic heterocycles. The second-order valence-corrected chi connectivity index (χ2v) is 5.87. The van der Waals surface area contributed by atoms with Crippen molar-refractivity contribution in [1.82, 2.24) is 0 Å². The summed E-state index contributed by atoms with van der Waals surface area (Å²) in [7, 11) is 0. The number of fused-ring (bicyclic) bond motifs is 1. The van der Waals surface area contributed by atoms with E-state index < -0.39 is 11.9 Å². The SMILES string of the molecule is OC(CCNc1ccc(F)c(Cl)c1)c1ccc2ccccc2c1. The first-order chi connectivity index (χ1) is 11.1. The van der Waals surface area contributed by atoms with Gasteiger partial charge in [0, 0.05) is 12.2 Å². The Bertz CT molecular complexity index is 821. The predicted molar refractivity (Wildman–Crippen MR) is 93.4 cm³/mol. The summed E-state index contributed by atoms with van der Waals surface area (Å²) in [5.41, 5.74) is 1.63. The molecule has 1 atom stereocenters. The van der Waals surface area contributed by atoms with Crippen molar-refractivity contribution in [3.05, 3.63) is 77.1 Å². The van der Waals surface area contributed by atoms with E-state index in [0.717, 1.165) is 22.0 Å². The molecule has 118 valence electrons. The summed E-state index contributed by atoms with van der Waals surface area (Å²) in [5, 5.41) is 15.8. The highest BCUT2D eigenvalue weighted by molar-refractivity contribution is 6.31. The Morgan fingerprint density at radius 1 is 1.00 bits per heavy atom. The van der Waals surface area contributed by atoms with Crippen LogP contribution in [-0.4, -0.2) is 11.7 Å². The molecule has 3 aromatic rings. The summed E-state index contributed by atoms with van der Waals surface area (Å²) in [4.78, 5) is 0. The highest BCUT2D eigenvalue weighted by Crippen LogP contribution is 2.23. The van der Waals surface area contributed by atoms with Gasteiger partial charge < -0.3 is 10.4 Å². The largest absolute Gasteiger partial charge is 0.388 e. The normalized spacial score (nSPS) is 12.3. The fraction of sp³-hybridized carbons (Fsp3) is 0.158. The minimum atomic E-state index is -0.553. The van der Waals surface area contributed by atoms with Crippen LogP contribution in [0.5, 0.6) is 0 Å². The minimum absolute atomic E-state index is 0.0880. The van der Waals surface area contributed by atoms with E-state index in [-0.39, 0.29) is 5.02 Å². The van der Waals surface area contributed by atoms with E-state index in [2.05, 4.69) is 5.32 Å². The molecule has 0 spiro atoms. The molecule has 4 heteroatoms. The molecule has 23 heavy (non-hydrogen) atoms. The molecule has 0 fully saturated rings. The molecule has 0 radical (unpaired) electrons. The summed E-state index contributed by atoms with van der Waals surface area (Å²) in [5.74, 6) is -0.437. The molecular weight excluding hydrogens is 313 g/mol. The fourth-order valence-electron chi connectivity index (χ4n) is 2.54. The van der Waals surface area contributed by atoms with Crippen molar-refractivity contribution in [2.75, 3.05) is 11.9 Å². The van der Waals surface area contributed by atoms with Gasteiger partial charge in [0.2, 0.25) is 0 Å². The maximum absolute atomic E-state index is 13.1. The van der Waals surface area contributed by atoms with E-state index in [1.807, 2.05) is 42.5 Å². The molecule has 2 N–H and O–H groups in total. The van der Waals surface area contributed by atoms with Crippen LogP contribution in [0.3, 0.4) is 0 Å². The van der Waals surface area contributed by atoms with Gasteiger partial charge in [-0.3, -0.25) is 0 Å². The van der Waals surface area contributed by atoms with Crippen LogP contribution in [0.2, 0.25) is 5.02 Å². The zero-order chi connectivity index (χ0) is 16.2. The lowest BCUT2D eigenvalue weighted by Gasteiger charge is -2.13. The Labute approximate surface area is 139 Å². The standard InChI is InChI=1S/C19H17ClFNO/c20-17-12-16(7-8-18(17)21)22-10-9-19(23)15-6-5-13-3-1-2-4-14(13)11-15/h1-8,11-12,19,22-23H,9-10H2. The van der Waals surface area contributed by atoms with Gasteiger partial charge >= 0.3 is 0 Å². The number of halogens is 2. The smallest absolute Gasteiger partial charge is 0.141 e. The predicted octanol–water partition coefficient (Wildman–Crippen LogP) is 5.17. The topological polar surface area (TPSA) is 32.3 Å². The van der Waals surface area contributed by atoms with Gasteiger partial charge in [-0.1, -0.05) is 48.0 Å². The Morgan fingerprint density at radius 3 is 2.57 bits per heavy atom. The van der Waals surface area contributed by atoms with E-state index in [9.17, 15) is 9.50 Å².